The molecule has 6 heterocycles. The van der Waals surface area contributed by atoms with E-state index in [-0.39, 0.29) is 39.4 Å². The number of hydrogen-bond donors (Lipinski definition) is 4. The van der Waals surface area contributed by atoms with Gasteiger partial charge in [0.2, 0.25) is 15.8 Å². The summed E-state index contributed by atoms with van der Waals surface area (Å²) in [6, 6.07) is 46.7. The van der Waals surface area contributed by atoms with Gasteiger partial charge in [0.15, 0.2) is 11.3 Å². The summed E-state index contributed by atoms with van der Waals surface area (Å²) in [5.41, 5.74) is 9.23. The maximum atomic E-state index is 16.0. The largest absolute Gasteiger partial charge is 0.506 e. The number of piperidine rings is 4. The summed E-state index contributed by atoms with van der Waals surface area (Å²) in [6.07, 6.45) is 4.65. The molecule has 8 aromatic rings. The minimum Gasteiger partial charge on any atom is -0.506 e. The van der Waals surface area contributed by atoms with Crippen LogP contribution in [0.25, 0.3) is 54.9 Å². The van der Waals surface area contributed by atoms with Gasteiger partial charge in [-0.2, -0.15) is 4.31 Å². The number of carbonyl (C=O) groups excluding carboxylic acids is 1. The molecule has 0 bridgehead atoms. The van der Waals surface area contributed by atoms with Crippen molar-refractivity contribution in [3.63, 3.8) is 0 Å². The van der Waals surface area contributed by atoms with Crippen LogP contribution in [0.15, 0.2) is 164 Å². The Balaban J connectivity index is 0.813. The van der Waals surface area contributed by atoms with Crippen LogP contribution in [0.2, 0.25) is 0 Å². The highest BCUT2D eigenvalue weighted by Gasteiger charge is 2.51. The molecule has 9 atom stereocenters. The molecule has 0 radical (unpaired) electrons. The van der Waals surface area contributed by atoms with E-state index in [0.29, 0.717) is 70.4 Å². The summed E-state index contributed by atoms with van der Waals surface area (Å²) in [5.74, 6) is 3.70. The molecule has 482 valence electrons. The Bertz CT molecular complexity index is 4720. The lowest BCUT2D eigenvalue weighted by Crippen LogP contribution is -2.45. The number of carbonyl (C=O) groups is 1. The van der Waals surface area contributed by atoms with Crippen molar-refractivity contribution in [1.82, 2.24) is 17.2 Å². The minimum atomic E-state index is -3.92. The van der Waals surface area contributed by atoms with Crippen molar-refractivity contribution < 1.29 is 18.3 Å². The Morgan fingerprint density at radius 2 is 0.926 bits per heavy atom. The lowest BCUT2D eigenvalue weighted by atomic mass is 9.79. The molecule has 16 heteroatoms. The van der Waals surface area contributed by atoms with Crippen LogP contribution in [0.3, 0.4) is 0 Å². The zero-order chi connectivity index (χ0) is 64.4. The van der Waals surface area contributed by atoms with Crippen molar-refractivity contribution in [2.24, 2.45) is 52.3 Å². The van der Waals surface area contributed by atoms with Gasteiger partial charge in [-0.15, -0.1) is 0 Å². The van der Waals surface area contributed by atoms with Gasteiger partial charge in [0.05, 0.1) is 32.8 Å². The van der Waals surface area contributed by atoms with E-state index in [1.54, 1.807) is 22.3 Å². The van der Waals surface area contributed by atoms with Crippen LogP contribution in [0.1, 0.15) is 109 Å². The van der Waals surface area contributed by atoms with E-state index in [0.717, 1.165) is 128 Å². The second kappa shape index (κ2) is 22.8. The van der Waals surface area contributed by atoms with Crippen LogP contribution in [0.5, 0.6) is 0 Å². The molecule has 4 fully saturated rings. The van der Waals surface area contributed by atoms with Crippen molar-refractivity contribution in [2.45, 2.75) is 112 Å². The highest BCUT2D eigenvalue weighted by atomic mass is 32.2. The summed E-state index contributed by atoms with van der Waals surface area (Å²) >= 11 is 5.47. The molecular weight excluding hydrogens is 1240 g/mol. The van der Waals surface area contributed by atoms with E-state index in [1.165, 1.54) is 29.1 Å². The Morgan fingerprint density at radius 1 is 0.468 bits per heavy atom. The number of fused-ring (bicyclic) bond motifs is 10. The van der Waals surface area contributed by atoms with Crippen molar-refractivity contribution >= 4 is 101 Å². The van der Waals surface area contributed by atoms with Crippen molar-refractivity contribution in [3.8, 4) is 22.3 Å². The molecule has 12 nitrogen and oxygen atoms in total. The molecule has 0 amide bonds. The Labute approximate surface area is 565 Å². The third-order valence-corrected chi connectivity index (χ3v) is 26.5. The fraction of sp³-hybridized carbons (Fsp3) is 0.385. The van der Waals surface area contributed by atoms with E-state index in [2.05, 4.69) is 169 Å². The van der Waals surface area contributed by atoms with Gasteiger partial charge in [0, 0.05) is 117 Å². The standard InChI is InChI=1S/C78H82N8O4S4/c1-43-27-44(2)36-83(35-43)91-53-17-23-57-58-24-18-54(92-84-37-45(3)28-46(4)38-84)32-64(58)77(63(57)31-53)79-67-13-9-11-51-15-21-61(73(81-77)69(51)67)71-75(87)72(76(71)88)62-22-16-52-12-10-14-68-70(52)74(62)82-78(80-68)65-33-55(93-85-39-47(5)29-48(6)40-85)19-25-59(65)60-26-20-56(34-66(60)78)94(89,90)86-41-49(7)30-50(8)42-86/h9-26,31-34,43-50,79,81-82,87H,27-30,35-42H2,1-8H3/b72-62+. The van der Waals surface area contributed by atoms with E-state index in [4.69, 9.17) is 4.99 Å². The first-order valence-electron chi connectivity index (χ1n) is 34.2. The van der Waals surface area contributed by atoms with Crippen molar-refractivity contribution in [1.29, 1.82) is 0 Å². The van der Waals surface area contributed by atoms with Gasteiger partial charge in [0.25, 0.3) is 0 Å². The third-order valence-electron chi connectivity index (χ3n) is 21.6. The second-order valence-corrected chi connectivity index (χ2v) is 35.3. The van der Waals surface area contributed by atoms with Crippen LogP contribution in [-0.4, -0.2) is 88.9 Å². The average Bonchev–Trinajstić information content (AvgIpc) is 1.63. The number of aliphatic hydroxyl groups excluding tert-OH is 1. The number of allylic oxidation sites excluding steroid dienone is 2. The number of benzene rings is 8. The Morgan fingerprint density at radius 3 is 1.47 bits per heavy atom. The summed E-state index contributed by atoms with van der Waals surface area (Å²) in [6.45, 7) is 25.4. The van der Waals surface area contributed by atoms with E-state index in [9.17, 15) is 5.11 Å². The normalized spacial score (nSPS) is 28.7. The molecule has 2 spiro atoms. The number of rotatable bonds is 9. The number of nitrogens with one attached hydrogen (secondary N) is 3. The van der Waals surface area contributed by atoms with Crippen LogP contribution in [0, 0.1) is 47.3 Å². The number of sulfonamides is 1. The molecule has 94 heavy (non-hydrogen) atoms. The van der Waals surface area contributed by atoms with Crippen LogP contribution < -0.4 is 26.5 Å². The number of nitrogens with zero attached hydrogens (tertiary/aromatic N) is 5. The topological polar surface area (TPSA) is 133 Å². The van der Waals surface area contributed by atoms with Gasteiger partial charge >= 0.3 is 0 Å². The van der Waals surface area contributed by atoms with E-state index >= 15 is 13.2 Å². The first-order valence-corrected chi connectivity index (χ1v) is 38.0. The van der Waals surface area contributed by atoms with Crippen LogP contribution >= 0.6 is 35.8 Å². The summed E-state index contributed by atoms with van der Waals surface area (Å²) in [7, 11) is -3.92. The van der Waals surface area contributed by atoms with Gasteiger partial charge < -0.3 is 21.1 Å². The Hall–Kier alpha value is -6.60. The van der Waals surface area contributed by atoms with E-state index < -0.39 is 21.3 Å². The van der Waals surface area contributed by atoms with Gasteiger partial charge in [-0.05, 0) is 203 Å². The SMILES string of the molecule is CC1CC(C)CN(Sc2ccc3c(c2)C2(N=c4cccc5cc/c(=C6\C(=O)C(c7ccc8cccc9c8c7NC7(N9)c8cc(SN9CC(C)CC(C)C9)ccc8-c8ccc(SN9CC(C)CC(C)C9)cc87)=C6O)c(c45)N2)c2cc(S(=O)(=O)N4CC(C)CC(C)C4)ccc2-3)C1. The summed E-state index contributed by atoms with van der Waals surface area (Å²) in [4.78, 5) is 25.4. The fourth-order valence-electron chi connectivity index (χ4n) is 18.2. The third kappa shape index (κ3) is 9.94. The molecule has 6 aliphatic heterocycles. The lowest BCUT2D eigenvalue weighted by molar-refractivity contribution is -0.109. The van der Waals surface area contributed by atoms with Gasteiger partial charge in [-0.1, -0.05) is 128 Å². The molecule has 9 aliphatic rings. The first kappa shape index (κ1) is 61.0. The highest BCUT2D eigenvalue weighted by Crippen LogP contribution is 2.58. The number of anilines is 3. The number of aliphatic hydroxyl groups is 1. The number of ketones is 1. The summed E-state index contributed by atoms with van der Waals surface area (Å²) < 4.78 is 39.3. The van der Waals surface area contributed by atoms with Crippen molar-refractivity contribution in [2.75, 3.05) is 68.3 Å². The van der Waals surface area contributed by atoms with Gasteiger partial charge in [-0.25, -0.2) is 26.3 Å². The molecule has 0 aromatic heterocycles. The number of Topliss-reactive ketones (excluding diaryl/α,β-unsaturated/α-hetero) is 1. The second-order valence-electron chi connectivity index (χ2n) is 29.9. The zero-order valence-corrected chi connectivity index (χ0v) is 58.1. The first-order chi connectivity index (χ1) is 45.3. The molecule has 8 aromatic carbocycles. The predicted octanol–water partition coefficient (Wildman–Crippen LogP) is 16.0. The van der Waals surface area contributed by atoms with E-state index in [1.807, 2.05) is 66.4 Å². The highest BCUT2D eigenvalue weighted by molar-refractivity contribution is 7.97. The van der Waals surface area contributed by atoms with Gasteiger partial charge in [-0.3, -0.25) is 4.79 Å². The molecule has 3 aliphatic carbocycles. The monoisotopic (exact) mass is 1320 g/mol. The quantitative estimate of drug-likeness (QED) is 0.102. The average molecular weight is 1320 g/mol. The molecule has 0 saturated carbocycles. The zero-order valence-electron chi connectivity index (χ0n) is 54.8. The maximum Gasteiger partial charge on any atom is 0.243 e. The molecule has 17 rings (SSSR count). The lowest BCUT2D eigenvalue weighted by Gasteiger charge is -2.42. The minimum absolute atomic E-state index is 0.0762. The number of hydrogen-bond acceptors (Lipinski definition) is 14. The fourth-order valence-corrected chi connectivity index (χ4v) is 23.6. The van der Waals surface area contributed by atoms with Crippen molar-refractivity contribution in [3.05, 3.63) is 178 Å². The predicted molar refractivity (Wildman–Crippen MR) is 386 cm³/mol. The van der Waals surface area contributed by atoms with Crippen LogP contribution in [0.4, 0.5) is 17.1 Å². The maximum absolute atomic E-state index is 16.0. The molecular formula is C78H82N8O4S4. The van der Waals surface area contributed by atoms with Gasteiger partial charge in [0.1, 0.15) is 5.76 Å². The Kier molecular flexibility index (Phi) is 14.8. The smallest absolute Gasteiger partial charge is 0.243 e. The summed E-state index contributed by atoms with van der Waals surface area (Å²) in [5, 5.41) is 30.5. The molecule has 4 N–H and O–H groups in total. The van der Waals surface area contributed by atoms with Crippen LogP contribution in [-0.2, 0) is 26.1 Å². The molecule has 9 unspecified atom stereocenters. The molecule has 4 saturated heterocycles.